The number of piperazine rings is 1. The van der Waals surface area contributed by atoms with Crippen LogP contribution in [0.2, 0.25) is 0 Å². The minimum absolute atomic E-state index is 0.0103. The molecule has 1 saturated heterocycles. The topological polar surface area (TPSA) is 61.9 Å². The van der Waals surface area contributed by atoms with E-state index in [9.17, 15) is 9.59 Å². The van der Waals surface area contributed by atoms with Crippen LogP contribution < -0.4 is 10.1 Å². The molecule has 0 unspecified atom stereocenters. The van der Waals surface area contributed by atoms with E-state index >= 15 is 0 Å². The molecule has 1 heterocycles. The number of ether oxygens (including phenoxy) is 1. The monoisotopic (exact) mass is 443 g/mol. The summed E-state index contributed by atoms with van der Waals surface area (Å²) in [5, 5.41) is 2.91. The van der Waals surface area contributed by atoms with Crippen molar-refractivity contribution in [2.75, 3.05) is 45.2 Å². The van der Waals surface area contributed by atoms with E-state index in [2.05, 4.69) is 29.4 Å². The Hall–Kier alpha value is -3.64. The molecule has 6 nitrogen and oxygen atoms in total. The van der Waals surface area contributed by atoms with E-state index in [1.54, 1.807) is 36.4 Å². The standard InChI is InChI=1S/C27H29N3O3/c1-29-15-17-30(18-16-29)27(32)22-10-7-11-23(20-22)28-26(31)24-12-5-6-13-25(24)33-19-14-21-8-3-2-4-9-21/h2-13,20H,14-19H2,1H3,(H,28,31). The summed E-state index contributed by atoms with van der Waals surface area (Å²) < 4.78 is 5.92. The van der Waals surface area contributed by atoms with Gasteiger partial charge in [0.25, 0.3) is 11.8 Å². The number of likely N-dealkylation sites (N-methyl/N-ethyl adjacent to an activating group) is 1. The molecule has 2 amide bonds. The first-order valence-corrected chi connectivity index (χ1v) is 11.2. The Morgan fingerprint density at radius 1 is 0.879 bits per heavy atom. The van der Waals surface area contributed by atoms with E-state index in [1.165, 1.54) is 5.56 Å². The van der Waals surface area contributed by atoms with Gasteiger partial charge in [0.2, 0.25) is 0 Å². The fourth-order valence-corrected chi connectivity index (χ4v) is 3.82. The highest BCUT2D eigenvalue weighted by molar-refractivity contribution is 6.06. The van der Waals surface area contributed by atoms with Crippen LogP contribution in [0.25, 0.3) is 0 Å². The third kappa shape index (κ3) is 5.99. The summed E-state index contributed by atoms with van der Waals surface area (Å²) in [6.07, 6.45) is 0.757. The predicted molar refractivity (Wildman–Crippen MR) is 130 cm³/mol. The van der Waals surface area contributed by atoms with E-state index < -0.39 is 0 Å². The third-order valence-corrected chi connectivity index (χ3v) is 5.78. The van der Waals surface area contributed by atoms with Crippen LogP contribution in [0.1, 0.15) is 26.3 Å². The smallest absolute Gasteiger partial charge is 0.259 e. The molecule has 0 bridgehead atoms. The van der Waals surface area contributed by atoms with E-state index in [4.69, 9.17) is 4.74 Å². The average molecular weight is 444 g/mol. The molecule has 6 heteroatoms. The van der Waals surface area contributed by atoms with Gasteiger partial charge in [-0.15, -0.1) is 0 Å². The minimum atomic E-state index is -0.269. The van der Waals surface area contributed by atoms with Gasteiger partial charge < -0.3 is 19.9 Å². The number of para-hydroxylation sites is 1. The predicted octanol–water partition coefficient (Wildman–Crippen LogP) is 3.95. The molecule has 1 aliphatic heterocycles. The van der Waals surface area contributed by atoms with Crippen molar-refractivity contribution in [3.8, 4) is 5.75 Å². The van der Waals surface area contributed by atoms with Crippen LogP contribution in [-0.4, -0.2) is 61.4 Å². The molecular weight excluding hydrogens is 414 g/mol. The summed E-state index contributed by atoms with van der Waals surface area (Å²) in [6, 6.07) is 24.4. The number of carbonyl (C=O) groups excluding carboxylic acids is 2. The largest absolute Gasteiger partial charge is 0.492 e. The molecule has 4 rings (SSSR count). The van der Waals surface area contributed by atoms with Crippen molar-refractivity contribution >= 4 is 17.5 Å². The lowest BCUT2D eigenvalue weighted by molar-refractivity contribution is 0.0664. The maximum absolute atomic E-state index is 13.0. The first-order valence-electron chi connectivity index (χ1n) is 11.2. The molecular formula is C27H29N3O3. The second-order valence-corrected chi connectivity index (χ2v) is 8.21. The summed E-state index contributed by atoms with van der Waals surface area (Å²) in [7, 11) is 2.06. The van der Waals surface area contributed by atoms with E-state index in [-0.39, 0.29) is 11.8 Å². The van der Waals surface area contributed by atoms with Crippen LogP contribution in [0.4, 0.5) is 5.69 Å². The molecule has 0 aliphatic carbocycles. The SMILES string of the molecule is CN1CCN(C(=O)c2cccc(NC(=O)c3ccccc3OCCc3ccccc3)c2)CC1. The lowest BCUT2D eigenvalue weighted by atomic mass is 10.1. The lowest BCUT2D eigenvalue weighted by Gasteiger charge is -2.32. The van der Waals surface area contributed by atoms with Crippen LogP contribution in [0, 0.1) is 0 Å². The molecule has 33 heavy (non-hydrogen) atoms. The van der Waals surface area contributed by atoms with Gasteiger partial charge in [0.05, 0.1) is 12.2 Å². The molecule has 170 valence electrons. The summed E-state index contributed by atoms with van der Waals surface area (Å²) >= 11 is 0. The fraction of sp³-hybridized carbons (Fsp3) is 0.259. The molecule has 0 radical (unpaired) electrons. The summed E-state index contributed by atoms with van der Waals surface area (Å²) in [5.74, 6) is 0.258. The van der Waals surface area contributed by atoms with Crippen molar-refractivity contribution in [3.63, 3.8) is 0 Å². The zero-order valence-corrected chi connectivity index (χ0v) is 18.9. The molecule has 1 N–H and O–H groups in total. The first kappa shape index (κ1) is 22.6. The minimum Gasteiger partial charge on any atom is -0.492 e. The Morgan fingerprint density at radius 3 is 2.39 bits per heavy atom. The van der Waals surface area contributed by atoms with E-state index in [0.717, 1.165) is 19.5 Å². The fourth-order valence-electron chi connectivity index (χ4n) is 3.82. The summed E-state index contributed by atoms with van der Waals surface area (Å²) in [4.78, 5) is 29.9. The average Bonchev–Trinajstić information content (AvgIpc) is 2.85. The number of nitrogens with zero attached hydrogens (tertiary/aromatic N) is 2. The Balaban J connectivity index is 1.40. The van der Waals surface area contributed by atoms with Crippen molar-refractivity contribution in [2.45, 2.75) is 6.42 Å². The van der Waals surface area contributed by atoms with Crippen LogP contribution in [0.5, 0.6) is 5.75 Å². The van der Waals surface area contributed by atoms with Gasteiger partial charge in [0.15, 0.2) is 0 Å². The Kier molecular flexibility index (Phi) is 7.37. The molecule has 1 fully saturated rings. The first-order chi connectivity index (χ1) is 16.1. The summed E-state index contributed by atoms with van der Waals surface area (Å²) in [5.41, 5.74) is 2.80. The Bertz CT molecular complexity index is 1090. The number of carbonyl (C=O) groups is 2. The zero-order valence-electron chi connectivity index (χ0n) is 18.9. The van der Waals surface area contributed by atoms with Gasteiger partial charge in [-0.05, 0) is 42.9 Å². The normalized spacial score (nSPS) is 14.0. The van der Waals surface area contributed by atoms with Crippen LogP contribution in [0.3, 0.4) is 0 Å². The molecule has 3 aromatic rings. The van der Waals surface area contributed by atoms with Gasteiger partial charge >= 0.3 is 0 Å². The second kappa shape index (κ2) is 10.8. The highest BCUT2D eigenvalue weighted by Gasteiger charge is 2.21. The summed E-state index contributed by atoms with van der Waals surface area (Å²) in [6.45, 7) is 3.62. The number of hydrogen-bond acceptors (Lipinski definition) is 4. The highest BCUT2D eigenvalue weighted by atomic mass is 16.5. The van der Waals surface area contributed by atoms with Gasteiger partial charge in [0, 0.05) is 43.9 Å². The van der Waals surface area contributed by atoms with Gasteiger partial charge in [0.1, 0.15) is 5.75 Å². The number of nitrogens with one attached hydrogen (secondary N) is 1. The lowest BCUT2D eigenvalue weighted by Crippen LogP contribution is -2.47. The van der Waals surface area contributed by atoms with Gasteiger partial charge in [-0.25, -0.2) is 0 Å². The molecule has 0 aromatic heterocycles. The Labute approximate surface area is 194 Å². The highest BCUT2D eigenvalue weighted by Crippen LogP contribution is 2.21. The van der Waals surface area contributed by atoms with Crippen molar-refractivity contribution in [3.05, 3.63) is 95.6 Å². The number of anilines is 1. The van der Waals surface area contributed by atoms with Crippen LogP contribution in [-0.2, 0) is 6.42 Å². The van der Waals surface area contributed by atoms with Gasteiger partial charge in [-0.2, -0.15) is 0 Å². The van der Waals surface area contributed by atoms with Gasteiger partial charge in [-0.3, -0.25) is 9.59 Å². The van der Waals surface area contributed by atoms with Crippen molar-refractivity contribution in [1.29, 1.82) is 0 Å². The van der Waals surface area contributed by atoms with Crippen molar-refractivity contribution in [2.24, 2.45) is 0 Å². The Morgan fingerprint density at radius 2 is 1.61 bits per heavy atom. The maximum atomic E-state index is 13.0. The molecule has 0 spiro atoms. The molecule has 0 atom stereocenters. The number of amides is 2. The molecule has 1 aliphatic rings. The van der Waals surface area contributed by atoms with Crippen molar-refractivity contribution < 1.29 is 14.3 Å². The van der Waals surface area contributed by atoms with Crippen LogP contribution >= 0.6 is 0 Å². The van der Waals surface area contributed by atoms with Crippen molar-refractivity contribution in [1.82, 2.24) is 9.80 Å². The van der Waals surface area contributed by atoms with E-state index in [1.807, 2.05) is 35.2 Å². The molecule has 0 saturated carbocycles. The van der Waals surface area contributed by atoms with Crippen LogP contribution in [0.15, 0.2) is 78.9 Å². The number of hydrogen-bond donors (Lipinski definition) is 1. The zero-order chi connectivity index (χ0) is 23.0. The third-order valence-electron chi connectivity index (χ3n) is 5.78. The second-order valence-electron chi connectivity index (χ2n) is 8.21. The number of rotatable bonds is 7. The number of benzene rings is 3. The van der Waals surface area contributed by atoms with E-state index in [0.29, 0.717) is 42.3 Å². The quantitative estimate of drug-likeness (QED) is 0.601. The van der Waals surface area contributed by atoms with Gasteiger partial charge in [-0.1, -0.05) is 48.5 Å². The molecule has 3 aromatic carbocycles. The maximum Gasteiger partial charge on any atom is 0.259 e.